The number of anilines is 2. The molecule has 13 nitrogen and oxygen atoms in total. The topological polar surface area (TPSA) is 176 Å². The summed E-state index contributed by atoms with van der Waals surface area (Å²) in [6.07, 6.45) is 1.23. The lowest BCUT2D eigenvalue weighted by Gasteiger charge is -2.18. The van der Waals surface area contributed by atoms with E-state index in [9.17, 15) is 14.5 Å². The van der Waals surface area contributed by atoms with Crippen molar-refractivity contribution in [3.8, 4) is 0 Å². The largest absolute Gasteiger partial charge is 0.462 e. The van der Waals surface area contributed by atoms with Gasteiger partial charge in [0.05, 0.1) is 25.1 Å². The van der Waals surface area contributed by atoms with E-state index in [1.807, 2.05) is 6.92 Å². The average molecular weight is 497 g/mol. The first kappa shape index (κ1) is 24.8. The van der Waals surface area contributed by atoms with Crippen LogP contribution in [0, 0.1) is 5.92 Å². The van der Waals surface area contributed by atoms with Crippen LogP contribution in [0.2, 0.25) is 0 Å². The van der Waals surface area contributed by atoms with Gasteiger partial charge in [-0.2, -0.15) is 9.97 Å². The van der Waals surface area contributed by atoms with E-state index in [0.29, 0.717) is 23.0 Å². The zero-order valence-electron chi connectivity index (χ0n) is 19.6. The van der Waals surface area contributed by atoms with Gasteiger partial charge in [0, 0.05) is 12.0 Å². The zero-order valence-corrected chi connectivity index (χ0v) is 20.6. The predicted molar refractivity (Wildman–Crippen MR) is 124 cm³/mol. The molecular formula is C20H32N7O6P. The SMILES string of the molecule is CC(C)OC(=O)[C@@H](C)N[PH](=O)OC[C@H]1O[C@@H](n2cnc3c(NC4CC4)nc(N)nc32)[C@@H](C)[C@@H]1O. The minimum atomic E-state index is -2.77. The van der Waals surface area contributed by atoms with Crippen LogP contribution in [0.15, 0.2) is 6.33 Å². The van der Waals surface area contributed by atoms with Gasteiger partial charge in [-0.15, -0.1) is 0 Å². The van der Waals surface area contributed by atoms with Gasteiger partial charge < -0.3 is 30.2 Å². The van der Waals surface area contributed by atoms with Crippen molar-refractivity contribution in [3.63, 3.8) is 0 Å². The number of imidazole rings is 1. The molecule has 0 spiro atoms. The molecule has 1 saturated heterocycles. The van der Waals surface area contributed by atoms with Crippen molar-refractivity contribution in [3.05, 3.63) is 6.33 Å². The maximum Gasteiger partial charge on any atom is 0.323 e. The quantitative estimate of drug-likeness (QED) is 0.273. The van der Waals surface area contributed by atoms with Gasteiger partial charge in [-0.25, -0.2) is 10.1 Å². The minimum absolute atomic E-state index is 0.110. The highest BCUT2D eigenvalue weighted by molar-refractivity contribution is 7.36. The van der Waals surface area contributed by atoms with E-state index >= 15 is 0 Å². The molecule has 1 unspecified atom stereocenters. The number of aliphatic hydroxyl groups is 1. The first-order chi connectivity index (χ1) is 16.1. The van der Waals surface area contributed by atoms with Gasteiger partial charge in [-0.3, -0.25) is 13.9 Å². The molecule has 1 aliphatic heterocycles. The number of ether oxygens (including phenoxy) is 2. The van der Waals surface area contributed by atoms with E-state index in [2.05, 4.69) is 25.4 Å². The highest BCUT2D eigenvalue weighted by Crippen LogP contribution is 2.38. The average Bonchev–Trinajstić information content (AvgIpc) is 3.41. The molecule has 0 radical (unpaired) electrons. The molecule has 2 aromatic rings. The van der Waals surface area contributed by atoms with Crippen LogP contribution >= 0.6 is 8.18 Å². The van der Waals surface area contributed by atoms with E-state index in [1.54, 1.807) is 31.7 Å². The maximum absolute atomic E-state index is 12.3. The van der Waals surface area contributed by atoms with Crippen LogP contribution in [-0.2, 0) is 23.4 Å². The third-order valence-electron chi connectivity index (χ3n) is 5.73. The first-order valence-corrected chi connectivity index (χ1v) is 12.7. The van der Waals surface area contributed by atoms with Crippen LogP contribution in [0.5, 0.6) is 0 Å². The van der Waals surface area contributed by atoms with Crippen molar-refractivity contribution < 1.29 is 28.5 Å². The number of esters is 1. The summed E-state index contributed by atoms with van der Waals surface area (Å²) in [5.74, 6) is -0.174. The van der Waals surface area contributed by atoms with E-state index in [0.717, 1.165) is 12.8 Å². The Hall–Kier alpha value is -2.31. The number of nitrogens with two attached hydrogens (primary N) is 1. The second-order valence-corrected chi connectivity index (χ2v) is 10.2. The van der Waals surface area contributed by atoms with Crippen molar-refractivity contribution in [1.82, 2.24) is 24.6 Å². The molecule has 4 rings (SSSR count). The summed E-state index contributed by atoms with van der Waals surface area (Å²) in [6, 6.07) is -0.435. The van der Waals surface area contributed by atoms with Crippen LogP contribution in [0.25, 0.3) is 11.2 Å². The minimum Gasteiger partial charge on any atom is -0.462 e. The Bertz CT molecular complexity index is 1060. The number of rotatable bonds is 10. The number of carbonyl (C=O) groups is 1. The third-order valence-corrected chi connectivity index (χ3v) is 6.83. The molecule has 6 atom stereocenters. The number of aromatic nitrogens is 4. The van der Waals surface area contributed by atoms with Gasteiger partial charge in [-0.05, 0) is 33.6 Å². The number of carbonyl (C=O) groups excluding carboxylic acids is 1. The lowest BCUT2D eigenvalue weighted by atomic mass is 10.0. The molecule has 5 N–H and O–H groups in total. The van der Waals surface area contributed by atoms with E-state index < -0.39 is 38.6 Å². The second-order valence-electron chi connectivity index (χ2n) is 9.04. The Morgan fingerprint density at radius 3 is 2.79 bits per heavy atom. The van der Waals surface area contributed by atoms with Crippen LogP contribution in [-0.4, -0.2) is 67.6 Å². The van der Waals surface area contributed by atoms with Gasteiger partial charge in [-0.1, -0.05) is 6.92 Å². The predicted octanol–water partition coefficient (Wildman–Crippen LogP) is 1.21. The number of aliphatic hydroxyl groups excluding tert-OH is 1. The fraction of sp³-hybridized carbons (Fsp3) is 0.700. The Morgan fingerprint density at radius 1 is 1.38 bits per heavy atom. The molecule has 2 fully saturated rings. The molecule has 34 heavy (non-hydrogen) atoms. The number of hydrogen-bond acceptors (Lipinski definition) is 11. The van der Waals surface area contributed by atoms with Crippen LogP contribution in [0.1, 0.15) is 46.8 Å². The molecule has 2 aliphatic rings. The van der Waals surface area contributed by atoms with Crippen molar-refractivity contribution in [2.75, 3.05) is 17.7 Å². The summed E-state index contributed by atoms with van der Waals surface area (Å²) in [6.45, 7) is 6.71. The van der Waals surface area contributed by atoms with Crippen LogP contribution < -0.4 is 16.1 Å². The first-order valence-electron chi connectivity index (χ1n) is 11.4. The molecule has 1 saturated carbocycles. The van der Waals surface area contributed by atoms with Gasteiger partial charge in [0.1, 0.15) is 18.4 Å². The molecule has 0 amide bonds. The monoisotopic (exact) mass is 497 g/mol. The fourth-order valence-electron chi connectivity index (χ4n) is 3.76. The van der Waals surface area contributed by atoms with Crippen molar-refractivity contribution in [2.24, 2.45) is 5.92 Å². The van der Waals surface area contributed by atoms with Crippen molar-refractivity contribution in [1.29, 1.82) is 0 Å². The number of nitrogens with one attached hydrogen (secondary N) is 2. The molecule has 188 valence electrons. The zero-order chi connectivity index (χ0) is 24.6. The lowest BCUT2D eigenvalue weighted by molar-refractivity contribution is -0.149. The number of hydrogen-bond donors (Lipinski definition) is 4. The van der Waals surface area contributed by atoms with Gasteiger partial charge in [0.25, 0.3) is 8.18 Å². The molecule has 1 aliphatic carbocycles. The number of fused-ring (bicyclic) bond motifs is 1. The molecule has 0 aromatic carbocycles. The van der Waals surface area contributed by atoms with Gasteiger partial charge in [0.15, 0.2) is 17.0 Å². The summed E-state index contributed by atoms with van der Waals surface area (Å²) in [5.41, 5.74) is 6.99. The van der Waals surface area contributed by atoms with E-state index in [4.69, 9.17) is 19.7 Å². The maximum atomic E-state index is 12.3. The van der Waals surface area contributed by atoms with Gasteiger partial charge >= 0.3 is 5.97 Å². The van der Waals surface area contributed by atoms with Crippen molar-refractivity contribution in [2.45, 2.75) is 77.2 Å². The fourth-order valence-corrected chi connectivity index (χ4v) is 4.63. The Morgan fingerprint density at radius 2 is 2.12 bits per heavy atom. The number of nitrogen functional groups attached to an aromatic ring is 1. The van der Waals surface area contributed by atoms with Crippen LogP contribution in [0.4, 0.5) is 11.8 Å². The Balaban J connectivity index is 1.40. The smallest absolute Gasteiger partial charge is 0.323 e. The molecule has 2 aromatic heterocycles. The highest BCUT2D eigenvalue weighted by atomic mass is 31.1. The standard InChI is InChI=1S/C20H32N7O6P/c1-9(2)32-19(29)11(4)26-34(30)31-7-13-15(28)10(3)18(33-13)27-8-22-14-16(23-12-5-6-12)24-20(21)25-17(14)27/h8-13,15,18,28,34H,5-7H2,1-4H3,(H,26,30)(H3,21,23,24,25)/t10-,11+,13+,15-,18+/m0/s1. The van der Waals surface area contributed by atoms with Crippen molar-refractivity contribution >= 4 is 37.1 Å². The molecular weight excluding hydrogens is 465 g/mol. The summed E-state index contributed by atoms with van der Waals surface area (Å²) in [4.78, 5) is 24.9. The normalized spacial score (nSPS) is 26.6. The van der Waals surface area contributed by atoms with Gasteiger partial charge in [0.2, 0.25) is 5.95 Å². The Kier molecular flexibility index (Phi) is 7.39. The molecule has 3 heterocycles. The summed E-state index contributed by atoms with van der Waals surface area (Å²) in [7, 11) is -2.77. The summed E-state index contributed by atoms with van der Waals surface area (Å²) >= 11 is 0. The highest BCUT2D eigenvalue weighted by Gasteiger charge is 2.43. The third kappa shape index (κ3) is 5.49. The molecule has 14 heteroatoms. The van der Waals surface area contributed by atoms with Crippen LogP contribution in [0.3, 0.4) is 0 Å². The summed E-state index contributed by atoms with van der Waals surface area (Å²) in [5, 5.41) is 16.6. The van der Waals surface area contributed by atoms with E-state index in [-0.39, 0.29) is 24.6 Å². The number of nitrogens with zero attached hydrogens (tertiary/aromatic N) is 4. The lowest BCUT2D eigenvalue weighted by Crippen LogP contribution is -2.33. The van der Waals surface area contributed by atoms with E-state index in [1.165, 1.54) is 0 Å². The summed E-state index contributed by atoms with van der Waals surface area (Å²) < 4.78 is 30.5. The second kappa shape index (κ2) is 10.1. The molecule has 0 bridgehead atoms. The Labute approximate surface area is 197 Å².